The van der Waals surface area contributed by atoms with Gasteiger partial charge < -0.3 is 4.74 Å². The number of hydrogen-bond acceptors (Lipinski definition) is 8. The van der Waals surface area contributed by atoms with Crippen molar-refractivity contribution in [2.45, 2.75) is 18.7 Å². The molecule has 1 aromatic rings. The largest absolute Gasteiger partial charge is 0.462 e. The van der Waals surface area contributed by atoms with Gasteiger partial charge >= 0.3 is 5.97 Å². The molecule has 0 fully saturated rings. The predicted molar refractivity (Wildman–Crippen MR) is 170 cm³/mol. The van der Waals surface area contributed by atoms with Crippen molar-refractivity contribution in [1.82, 2.24) is 0 Å². The zero-order valence-corrected chi connectivity index (χ0v) is 25.0. The van der Waals surface area contributed by atoms with Crippen LogP contribution in [0.4, 0.5) is 0 Å². The number of carbonyl (C=O) groups excluding carboxylic acids is 2. The Morgan fingerprint density at radius 3 is 1.60 bits per heavy atom. The second-order valence-electron chi connectivity index (χ2n) is 7.02. The molecule has 1 aromatic carbocycles. The highest BCUT2D eigenvalue weighted by Crippen LogP contribution is 2.17. The van der Waals surface area contributed by atoms with Crippen LogP contribution in [0.3, 0.4) is 0 Å². The molecule has 42 heavy (non-hydrogen) atoms. The second-order valence-corrected chi connectivity index (χ2v) is 9.02. The molecule has 0 atom stereocenters. The molecule has 0 aliphatic heterocycles. The summed E-state index contributed by atoms with van der Waals surface area (Å²) in [5.41, 5.74) is 1.02. The van der Waals surface area contributed by atoms with Crippen LogP contribution >= 0.6 is 0 Å². The minimum atomic E-state index is -3.40. The van der Waals surface area contributed by atoms with E-state index in [4.69, 9.17) is 5.26 Å². The zero-order chi connectivity index (χ0) is 33.9. The van der Waals surface area contributed by atoms with Gasteiger partial charge in [-0.25, -0.2) is 13.2 Å². The summed E-state index contributed by atoms with van der Waals surface area (Å²) in [6.07, 6.45) is 6.57. The Hall–Kier alpha value is -5.40. The van der Waals surface area contributed by atoms with Crippen LogP contribution in [0.2, 0.25) is 0 Å². The molecule has 9 nitrogen and oxygen atoms in total. The van der Waals surface area contributed by atoms with E-state index in [9.17, 15) is 28.1 Å². The van der Waals surface area contributed by atoms with Gasteiger partial charge in [0.15, 0.2) is 5.78 Å². The number of nitrogens with zero attached hydrogens (tertiary/aromatic N) is 2. The first-order valence-electron chi connectivity index (χ1n) is 11.6. The molecule has 0 saturated carbocycles. The van der Waals surface area contributed by atoms with E-state index in [1.54, 1.807) is 31.2 Å². The summed E-state index contributed by atoms with van der Waals surface area (Å²) in [7, 11) is -3.40. The molecule has 0 saturated heterocycles. The third-order valence-corrected chi connectivity index (χ3v) is 5.72. The molecule has 0 unspecified atom stereocenters. The molecular formula is C32H38N2O7S. The Morgan fingerprint density at radius 1 is 0.905 bits per heavy atom. The van der Waals surface area contributed by atoms with Crippen molar-refractivity contribution in [3.05, 3.63) is 164 Å². The van der Waals surface area contributed by atoms with Crippen LogP contribution in [0, 0.1) is 21.4 Å². The third kappa shape index (κ3) is 22.6. The van der Waals surface area contributed by atoms with E-state index in [-0.39, 0.29) is 21.3 Å². The molecule has 224 valence electrons. The Morgan fingerprint density at radius 2 is 1.38 bits per heavy atom. The monoisotopic (exact) mass is 594 g/mol. The van der Waals surface area contributed by atoms with Crippen molar-refractivity contribution in [2.75, 3.05) is 6.61 Å². The predicted octanol–water partition coefficient (Wildman–Crippen LogP) is 6.98. The van der Waals surface area contributed by atoms with Crippen molar-refractivity contribution in [2.24, 2.45) is 0 Å². The van der Waals surface area contributed by atoms with Gasteiger partial charge in [0.05, 0.1) is 33.0 Å². The van der Waals surface area contributed by atoms with Gasteiger partial charge in [-0.15, -0.1) is 0 Å². The van der Waals surface area contributed by atoms with Crippen LogP contribution < -0.4 is 0 Å². The fraction of sp³-hybridized carbons (Fsp3) is 0.0938. The summed E-state index contributed by atoms with van der Waals surface area (Å²) < 4.78 is 27.8. The van der Waals surface area contributed by atoms with Crippen LogP contribution in [-0.2, 0) is 24.2 Å². The van der Waals surface area contributed by atoms with Crippen molar-refractivity contribution < 1.29 is 27.7 Å². The number of allylic oxidation sites excluding steroid dienone is 6. The number of ether oxygens (including phenoxy) is 1. The molecule has 0 aliphatic carbocycles. The number of rotatable bonds is 11. The van der Waals surface area contributed by atoms with Crippen molar-refractivity contribution in [1.29, 1.82) is 5.26 Å². The average molecular weight is 595 g/mol. The molecule has 0 heterocycles. The highest BCUT2D eigenvalue weighted by atomic mass is 32.2. The topological polar surface area (TPSA) is 144 Å². The van der Waals surface area contributed by atoms with Crippen LogP contribution in [0.15, 0.2) is 159 Å². The Balaban J connectivity index is -0.000000223. The summed E-state index contributed by atoms with van der Waals surface area (Å²) in [6.45, 7) is 36.7. The van der Waals surface area contributed by atoms with E-state index >= 15 is 0 Å². The van der Waals surface area contributed by atoms with Crippen LogP contribution in [0.1, 0.15) is 13.8 Å². The lowest BCUT2D eigenvalue weighted by Crippen LogP contribution is -2.04. The van der Waals surface area contributed by atoms with Crippen LogP contribution in [-0.4, -0.2) is 31.7 Å². The normalized spacial score (nSPS) is 8.40. The minimum absolute atomic E-state index is 0.0185. The number of Topliss-reactive ketones (excluding diaryl/α,β-unsaturated/α-hetero) is 1. The van der Waals surface area contributed by atoms with E-state index in [0.29, 0.717) is 23.3 Å². The molecule has 10 heteroatoms. The van der Waals surface area contributed by atoms with Crippen LogP contribution in [0.5, 0.6) is 0 Å². The fourth-order valence-electron chi connectivity index (χ4n) is 1.43. The van der Waals surface area contributed by atoms with Crippen molar-refractivity contribution in [3.63, 3.8) is 0 Å². The molecule has 0 N–H and O–H groups in total. The maximum Gasteiger partial charge on any atom is 0.337 e. The lowest BCUT2D eigenvalue weighted by atomic mass is 10.2. The van der Waals surface area contributed by atoms with E-state index in [1.165, 1.54) is 43.4 Å². The molecule has 0 spiro atoms. The van der Waals surface area contributed by atoms with Gasteiger partial charge in [-0.3, -0.25) is 14.9 Å². The van der Waals surface area contributed by atoms with Crippen molar-refractivity contribution in [3.8, 4) is 6.07 Å². The quantitative estimate of drug-likeness (QED) is 0.0666. The van der Waals surface area contributed by atoms with Gasteiger partial charge in [0.1, 0.15) is 0 Å². The molecule has 0 amide bonds. The first-order chi connectivity index (χ1) is 19.5. The summed E-state index contributed by atoms with van der Waals surface area (Å²) in [5.74, 6) is -0.414. The van der Waals surface area contributed by atoms with Gasteiger partial charge in [0, 0.05) is 17.2 Å². The summed E-state index contributed by atoms with van der Waals surface area (Å²) in [5, 5.41) is 17.5. The number of hydrogen-bond donors (Lipinski definition) is 0. The number of nitriles is 1. The van der Waals surface area contributed by atoms with Gasteiger partial charge in [-0.1, -0.05) is 102 Å². The van der Waals surface area contributed by atoms with Crippen LogP contribution in [0.25, 0.3) is 0 Å². The fourth-order valence-corrected chi connectivity index (χ4v) is 2.47. The minimum Gasteiger partial charge on any atom is -0.462 e. The SMILES string of the molecule is C=CC(=C)C#N.C=CC(=C)C(=O)OCC.C=CC(=C)C(C)=O.C=CC(=C)S(=O)(=O)c1ccccc1.C=CC(=C)[N+](=O)[O-]. The Kier molecular flexibility index (Phi) is 26.9. The van der Waals surface area contributed by atoms with E-state index < -0.39 is 20.7 Å². The number of carbonyl (C=O) groups is 2. The van der Waals surface area contributed by atoms with E-state index in [0.717, 1.165) is 6.08 Å². The maximum absolute atomic E-state index is 11.6. The smallest absolute Gasteiger partial charge is 0.337 e. The van der Waals surface area contributed by atoms with Gasteiger partial charge in [-0.2, -0.15) is 5.26 Å². The lowest BCUT2D eigenvalue weighted by Gasteiger charge is -2.01. The van der Waals surface area contributed by atoms with Gasteiger partial charge in [-0.05, 0) is 32.6 Å². The molecule has 0 radical (unpaired) electrons. The average Bonchev–Trinajstić information content (AvgIpc) is 3.00. The molecule has 1 rings (SSSR count). The first-order valence-corrected chi connectivity index (χ1v) is 13.1. The second kappa shape index (κ2) is 25.9. The maximum atomic E-state index is 11.6. The third-order valence-electron chi connectivity index (χ3n) is 3.97. The molecule has 0 aliphatic rings. The van der Waals surface area contributed by atoms with Gasteiger partial charge in [0.2, 0.25) is 9.84 Å². The highest BCUT2D eigenvalue weighted by Gasteiger charge is 2.15. The highest BCUT2D eigenvalue weighted by molar-refractivity contribution is 7.95. The summed E-state index contributed by atoms with van der Waals surface area (Å²) in [4.78, 5) is 30.0. The van der Waals surface area contributed by atoms with E-state index in [2.05, 4.69) is 70.5 Å². The molecule has 0 aromatic heterocycles. The first kappa shape index (κ1) is 43.6. The number of esters is 1. The number of sulfone groups is 1. The van der Waals surface area contributed by atoms with Gasteiger partial charge in [0.25, 0.3) is 5.70 Å². The Labute approximate surface area is 249 Å². The van der Waals surface area contributed by atoms with Crippen molar-refractivity contribution >= 4 is 21.6 Å². The number of benzene rings is 1. The number of ketones is 1. The van der Waals surface area contributed by atoms with E-state index in [1.807, 2.05) is 0 Å². The lowest BCUT2D eigenvalue weighted by molar-refractivity contribution is -0.418. The molecular weight excluding hydrogens is 556 g/mol. The summed E-state index contributed by atoms with van der Waals surface area (Å²) >= 11 is 0. The Bertz CT molecular complexity index is 1310. The standard InChI is InChI=1S/C10H10O2S.C7H10O2.C6H8O.C5H5N.C4H5NO2/c1-3-9(2)13(11,12)10-7-5-4-6-8-10;1-4-6(3)7(8)9-5-2;1-4-5(2)6(3)7;1-3-5(2)4-6;1-3-4(2)5(6)7/h3-8H,1-2H2;4H,1,3,5H2,2H3;4H,1-2H2,3H3;3H,1-2H2;3H,1-2H2. The molecule has 0 bridgehead atoms. The summed E-state index contributed by atoms with van der Waals surface area (Å²) in [6, 6.07) is 9.97. The number of nitro groups is 1. The zero-order valence-electron chi connectivity index (χ0n) is 24.2.